The summed E-state index contributed by atoms with van der Waals surface area (Å²) in [6, 6.07) is 1.49. The lowest BCUT2D eigenvalue weighted by atomic mass is 9.97. The summed E-state index contributed by atoms with van der Waals surface area (Å²) in [6.45, 7) is 9.80. The Balaban J connectivity index is 1.28. The Labute approximate surface area is 181 Å². The quantitative estimate of drug-likeness (QED) is 0.702. The van der Waals surface area contributed by atoms with E-state index in [0.29, 0.717) is 17.2 Å². The third kappa shape index (κ3) is 5.00. The van der Waals surface area contributed by atoms with Crippen molar-refractivity contribution in [2.75, 3.05) is 44.2 Å². The first-order valence-electron chi connectivity index (χ1n) is 11.1. The molecular weight excluding hydrogens is 400 g/mol. The summed E-state index contributed by atoms with van der Waals surface area (Å²) >= 11 is 1.41. The number of rotatable bonds is 6. The summed E-state index contributed by atoms with van der Waals surface area (Å²) in [5.74, 6) is 0.894. The topological polar surface area (TPSA) is 82.8 Å². The van der Waals surface area contributed by atoms with Crippen LogP contribution < -0.4 is 15.8 Å². The minimum Gasteiger partial charge on any atom is -0.356 e. The van der Waals surface area contributed by atoms with Crippen molar-refractivity contribution < 1.29 is 4.79 Å². The number of anilines is 1. The fraction of sp³-hybridized carbons (Fsp3) is 0.714. The van der Waals surface area contributed by atoms with Crippen molar-refractivity contribution in [2.24, 2.45) is 11.8 Å². The van der Waals surface area contributed by atoms with Crippen LogP contribution in [0.1, 0.15) is 44.7 Å². The summed E-state index contributed by atoms with van der Waals surface area (Å²) in [6.07, 6.45) is 5.47. The molecule has 30 heavy (non-hydrogen) atoms. The third-order valence-electron chi connectivity index (χ3n) is 6.12. The Morgan fingerprint density at radius 2 is 2.10 bits per heavy atom. The molecular formula is C21H32N6O2S. The van der Waals surface area contributed by atoms with Crippen LogP contribution in [0.5, 0.6) is 0 Å². The van der Waals surface area contributed by atoms with Crippen LogP contribution >= 0.6 is 11.3 Å². The lowest BCUT2D eigenvalue weighted by Crippen LogP contribution is -2.44. The zero-order valence-electron chi connectivity index (χ0n) is 18.0. The first-order valence-corrected chi connectivity index (χ1v) is 11.9. The molecule has 0 bridgehead atoms. The molecule has 0 radical (unpaired) electrons. The summed E-state index contributed by atoms with van der Waals surface area (Å²) in [7, 11) is 0. The molecule has 0 saturated carbocycles. The molecule has 4 rings (SSSR count). The lowest BCUT2D eigenvalue weighted by molar-refractivity contribution is -0.125. The number of hydrogen-bond acceptors (Lipinski definition) is 7. The van der Waals surface area contributed by atoms with Crippen LogP contribution in [0, 0.1) is 18.8 Å². The lowest BCUT2D eigenvalue weighted by Gasteiger charge is -2.32. The van der Waals surface area contributed by atoms with E-state index in [1.807, 2.05) is 6.92 Å². The Morgan fingerprint density at radius 1 is 1.27 bits per heavy atom. The predicted molar refractivity (Wildman–Crippen MR) is 119 cm³/mol. The summed E-state index contributed by atoms with van der Waals surface area (Å²) < 4.78 is 1.36. The monoisotopic (exact) mass is 432 g/mol. The first kappa shape index (κ1) is 21.2. The molecule has 1 amide bonds. The van der Waals surface area contributed by atoms with Gasteiger partial charge in [0.05, 0.1) is 5.92 Å². The van der Waals surface area contributed by atoms with E-state index < -0.39 is 0 Å². The molecule has 0 aliphatic carbocycles. The molecule has 2 saturated heterocycles. The van der Waals surface area contributed by atoms with Gasteiger partial charge in [-0.2, -0.15) is 4.52 Å². The van der Waals surface area contributed by atoms with Crippen LogP contribution in [0.2, 0.25) is 0 Å². The Kier molecular flexibility index (Phi) is 6.67. The van der Waals surface area contributed by atoms with Crippen LogP contribution in [-0.2, 0) is 4.79 Å². The van der Waals surface area contributed by atoms with Gasteiger partial charge in [0.2, 0.25) is 16.0 Å². The van der Waals surface area contributed by atoms with Gasteiger partial charge in [-0.3, -0.25) is 9.59 Å². The van der Waals surface area contributed by atoms with Gasteiger partial charge in [0, 0.05) is 37.9 Å². The Hall–Kier alpha value is -2.00. The molecule has 2 aliphatic rings. The highest BCUT2D eigenvalue weighted by Crippen LogP contribution is 2.27. The van der Waals surface area contributed by atoms with Crippen molar-refractivity contribution in [3.8, 4) is 0 Å². The SMILES string of the molecule is Cc1cc(=O)n2nc(N3CCC[C@@H](C(=O)NCCCN4CCC[C@@H](C)C4)C3)sc2n1. The van der Waals surface area contributed by atoms with Crippen LogP contribution in [-0.4, -0.2) is 64.7 Å². The highest BCUT2D eigenvalue weighted by molar-refractivity contribution is 7.20. The number of carbonyl (C=O) groups is 1. The van der Waals surface area contributed by atoms with Crippen LogP contribution in [0.4, 0.5) is 5.13 Å². The zero-order chi connectivity index (χ0) is 21.1. The fourth-order valence-corrected chi connectivity index (χ4v) is 5.54. The molecule has 1 N–H and O–H groups in total. The average molecular weight is 433 g/mol. The molecule has 2 aliphatic heterocycles. The molecule has 4 heterocycles. The Morgan fingerprint density at radius 3 is 2.93 bits per heavy atom. The van der Waals surface area contributed by atoms with Gasteiger partial charge in [0.15, 0.2) is 0 Å². The van der Waals surface area contributed by atoms with Gasteiger partial charge in [-0.15, -0.1) is 5.10 Å². The average Bonchev–Trinajstić information content (AvgIpc) is 3.16. The number of carbonyl (C=O) groups excluding carboxylic acids is 1. The van der Waals surface area contributed by atoms with Crippen molar-refractivity contribution in [3.63, 3.8) is 0 Å². The van der Waals surface area contributed by atoms with E-state index in [1.165, 1.54) is 47.8 Å². The maximum atomic E-state index is 12.7. The molecule has 2 aromatic heterocycles. The molecule has 0 spiro atoms. The molecule has 0 unspecified atom stereocenters. The molecule has 8 nitrogen and oxygen atoms in total. The molecule has 164 valence electrons. The van der Waals surface area contributed by atoms with Gasteiger partial charge in [0.1, 0.15) is 0 Å². The van der Waals surface area contributed by atoms with Crippen LogP contribution in [0.3, 0.4) is 0 Å². The number of aryl methyl sites for hydroxylation is 1. The van der Waals surface area contributed by atoms with Crippen LogP contribution in [0.15, 0.2) is 10.9 Å². The van der Waals surface area contributed by atoms with Gasteiger partial charge in [-0.25, -0.2) is 4.98 Å². The molecule has 2 atom stereocenters. The molecule has 2 fully saturated rings. The van der Waals surface area contributed by atoms with E-state index >= 15 is 0 Å². The summed E-state index contributed by atoms with van der Waals surface area (Å²) in [5.41, 5.74) is 0.541. The highest BCUT2D eigenvalue weighted by atomic mass is 32.1. The van der Waals surface area contributed by atoms with Crippen molar-refractivity contribution >= 4 is 27.3 Å². The van der Waals surface area contributed by atoms with Gasteiger partial charge in [-0.05, 0) is 58.0 Å². The maximum absolute atomic E-state index is 12.7. The molecule has 0 aromatic carbocycles. The number of aromatic nitrogens is 3. The highest BCUT2D eigenvalue weighted by Gasteiger charge is 2.28. The number of piperidine rings is 2. The molecule has 2 aromatic rings. The minimum atomic E-state index is -0.158. The van der Waals surface area contributed by atoms with Crippen molar-refractivity contribution in [1.82, 2.24) is 24.8 Å². The predicted octanol–water partition coefficient (Wildman–Crippen LogP) is 1.91. The zero-order valence-corrected chi connectivity index (χ0v) is 18.8. The Bertz CT molecular complexity index is 941. The first-order chi connectivity index (χ1) is 14.5. The largest absolute Gasteiger partial charge is 0.356 e. The van der Waals surface area contributed by atoms with Crippen molar-refractivity contribution in [1.29, 1.82) is 0 Å². The second kappa shape index (κ2) is 9.43. The molecule has 9 heteroatoms. The second-order valence-electron chi connectivity index (χ2n) is 8.79. The fourth-order valence-electron chi connectivity index (χ4n) is 4.55. The summed E-state index contributed by atoms with van der Waals surface area (Å²) in [4.78, 5) is 34.5. The number of nitrogens with one attached hydrogen (secondary N) is 1. The minimum absolute atomic E-state index is 0.0350. The van der Waals surface area contributed by atoms with E-state index in [2.05, 4.69) is 32.1 Å². The van der Waals surface area contributed by atoms with Crippen LogP contribution in [0.25, 0.3) is 4.96 Å². The number of nitrogens with zero attached hydrogens (tertiary/aromatic N) is 5. The van der Waals surface area contributed by atoms with Crippen molar-refractivity contribution in [3.05, 3.63) is 22.1 Å². The smallest absolute Gasteiger partial charge is 0.275 e. The third-order valence-corrected chi connectivity index (χ3v) is 7.09. The van der Waals surface area contributed by atoms with Gasteiger partial charge in [-0.1, -0.05) is 18.3 Å². The number of likely N-dealkylation sites (tertiary alicyclic amines) is 1. The van der Waals surface area contributed by atoms with Gasteiger partial charge < -0.3 is 15.1 Å². The van der Waals surface area contributed by atoms with E-state index in [1.54, 1.807) is 0 Å². The maximum Gasteiger partial charge on any atom is 0.275 e. The number of fused-ring (bicyclic) bond motifs is 1. The summed E-state index contributed by atoms with van der Waals surface area (Å²) in [5, 5.41) is 8.36. The van der Waals surface area contributed by atoms with E-state index in [-0.39, 0.29) is 17.4 Å². The van der Waals surface area contributed by atoms with Gasteiger partial charge >= 0.3 is 0 Å². The second-order valence-corrected chi connectivity index (χ2v) is 9.73. The number of amides is 1. The van der Waals surface area contributed by atoms with E-state index in [9.17, 15) is 9.59 Å². The number of hydrogen-bond donors (Lipinski definition) is 1. The standard InChI is InChI=1S/C21H32N6O2S/c1-15-6-3-9-25(13-15)10-5-8-22-19(29)17-7-4-11-26(14-17)21-24-27-18(28)12-16(2)23-20(27)30-21/h12,15,17H,3-11,13-14H2,1-2H3,(H,22,29)/t15-,17-/m1/s1. The van der Waals surface area contributed by atoms with Gasteiger partial charge in [0.25, 0.3) is 5.56 Å². The van der Waals surface area contributed by atoms with E-state index in [0.717, 1.165) is 49.9 Å². The normalized spacial score (nSPS) is 23.1. The van der Waals surface area contributed by atoms with E-state index in [4.69, 9.17) is 0 Å². The van der Waals surface area contributed by atoms with Crippen molar-refractivity contribution in [2.45, 2.75) is 46.0 Å².